The second kappa shape index (κ2) is 9.37. The lowest BCUT2D eigenvalue weighted by molar-refractivity contribution is -0.135. The second-order valence-electron chi connectivity index (χ2n) is 8.25. The minimum absolute atomic E-state index is 0.00509. The minimum atomic E-state index is -0.492. The zero-order chi connectivity index (χ0) is 23.8. The number of benzene rings is 2. The fourth-order valence-corrected chi connectivity index (χ4v) is 5.58. The third-order valence-electron chi connectivity index (χ3n) is 6.21. The molecule has 2 aromatic carbocycles. The Bertz CT molecular complexity index is 1320. The van der Waals surface area contributed by atoms with E-state index >= 15 is 0 Å². The molecule has 1 atom stereocenters. The van der Waals surface area contributed by atoms with E-state index in [4.69, 9.17) is 26.1 Å². The van der Waals surface area contributed by atoms with Crippen molar-refractivity contribution in [2.24, 2.45) is 12.0 Å². The predicted molar refractivity (Wildman–Crippen MR) is 133 cm³/mol. The van der Waals surface area contributed by atoms with Crippen LogP contribution in [-0.4, -0.2) is 54.5 Å². The molecule has 0 bridgehead atoms. The Kier molecular flexibility index (Phi) is 6.29. The van der Waals surface area contributed by atoms with Crippen molar-refractivity contribution in [2.45, 2.75) is 12.5 Å². The lowest BCUT2D eigenvalue weighted by Crippen LogP contribution is -2.41. The molecule has 2 aliphatic rings. The average molecular weight is 498 g/mol. The molecule has 0 spiro atoms. The first-order valence-corrected chi connectivity index (χ1v) is 12.2. The molecule has 3 aromatic rings. The number of aliphatic imine (C=N–C) groups is 1. The van der Waals surface area contributed by atoms with Crippen LogP contribution in [0.4, 0.5) is 0 Å². The van der Waals surface area contributed by atoms with E-state index in [1.807, 2.05) is 47.4 Å². The van der Waals surface area contributed by atoms with E-state index in [9.17, 15) is 9.59 Å². The number of carbonyl (C=O) groups excluding carboxylic acids is 1. The molecular weight excluding hydrogens is 474 g/mol. The maximum atomic E-state index is 13.2. The van der Waals surface area contributed by atoms with Crippen LogP contribution in [0.1, 0.15) is 28.5 Å². The van der Waals surface area contributed by atoms with Crippen LogP contribution in [0.3, 0.4) is 0 Å². The monoisotopic (exact) mass is 497 g/mol. The van der Waals surface area contributed by atoms with Gasteiger partial charge in [-0.05, 0) is 30.3 Å². The zero-order valence-corrected chi connectivity index (χ0v) is 20.5. The molecule has 1 unspecified atom stereocenters. The number of nitrogens with zero attached hydrogens (tertiary/aromatic N) is 3. The van der Waals surface area contributed by atoms with Crippen LogP contribution in [0.25, 0.3) is 11.3 Å². The van der Waals surface area contributed by atoms with Crippen LogP contribution < -0.4 is 9.61 Å². The van der Waals surface area contributed by atoms with Gasteiger partial charge in [0.2, 0.25) is 5.91 Å². The number of ether oxygens (including phenoxy) is 2. The van der Waals surface area contributed by atoms with Crippen LogP contribution >= 0.6 is 22.9 Å². The molecule has 1 saturated heterocycles. The van der Waals surface area contributed by atoms with Gasteiger partial charge in [-0.25, -0.2) is 0 Å². The summed E-state index contributed by atoms with van der Waals surface area (Å²) in [6, 6.07) is 12.8. The highest BCUT2D eigenvalue weighted by atomic mass is 35.5. The average Bonchev–Trinajstić information content (AvgIpc) is 3.09. The fraction of sp³-hybridized carbons (Fsp3) is 0.320. The first kappa shape index (κ1) is 22.8. The van der Waals surface area contributed by atoms with Gasteiger partial charge < -0.3 is 18.9 Å². The van der Waals surface area contributed by atoms with E-state index in [2.05, 4.69) is 0 Å². The van der Waals surface area contributed by atoms with Gasteiger partial charge in [0.1, 0.15) is 5.75 Å². The number of aromatic nitrogens is 1. The standard InChI is InChI=1S/C25H24ClN3O4S/c1-28-23-18-8-7-17(32-2)13-19(18)22(15-3-5-16(26)6-4-15)27-20(24(23)34-25(28)31)14-21(30)29-9-11-33-12-10-29/h3-8,13,20H,9-12,14H2,1-2H3. The maximum Gasteiger partial charge on any atom is 0.307 e. The summed E-state index contributed by atoms with van der Waals surface area (Å²) in [5, 5.41) is 0.629. The first-order chi connectivity index (χ1) is 16.5. The van der Waals surface area contributed by atoms with Gasteiger partial charge in [-0.15, -0.1) is 0 Å². The van der Waals surface area contributed by atoms with E-state index in [0.29, 0.717) is 37.1 Å². The van der Waals surface area contributed by atoms with E-state index in [0.717, 1.165) is 44.3 Å². The molecule has 2 aliphatic heterocycles. The zero-order valence-electron chi connectivity index (χ0n) is 18.9. The number of fused-ring (bicyclic) bond motifs is 3. The van der Waals surface area contributed by atoms with E-state index < -0.39 is 6.04 Å². The Morgan fingerprint density at radius 3 is 2.62 bits per heavy atom. The van der Waals surface area contributed by atoms with Gasteiger partial charge in [-0.2, -0.15) is 0 Å². The largest absolute Gasteiger partial charge is 0.497 e. The topological polar surface area (TPSA) is 73.1 Å². The number of morpholine rings is 1. The Hall–Kier alpha value is -2.94. The van der Waals surface area contributed by atoms with Crippen molar-refractivity contribution in [3.8, 4) is 17.0 Å². The lowest BCUT2D eigenvalue weighted by atomic mass is 9.95. The Balaban J connectivity index is 1.69. The SMILES string of the molecule is COc1ccc2c(c1)C(c1ccc(Cl)cc1)=NC(CC(=O)N1CCOCC1)c1sc(=O)n(C)c1-2. The highest BCUT2D eigenvalue weighted by Crippen LogP contribution is 2.41. The van der Waals surface area contributed by atoms with Crippen molar-refractivity contribution < 1.29 is 14.3 Å². The number of methoxy groups -OCH3 is 1. The van der Waals surface area contributed by atoms with Crippen molar-refractivity contribution in [1.82, 2.24) is 9.47 Å². The molecule has 3 heterocycles. The van der Waals surface area contributed by atoms with Crippen LogP contribution in [0, 0.1) is 0 Å². The van der Waals surface area contributed by atoms with Gasteiger partial charge in [0.25, 0.3) is 0 Å². The van der Waals surface area contributed by atoms with E-state index in [-0.39, 0.29) is 17.2 Å². The van der Waals surface area contributed by atoms with E-state index in [1.54, 1.807) is 18.7 Å². The number of thiazole rings is 1. The molecule has 0 saturated carbocycles. The summed E-state index contributed by atoms with van der Waals surface area (Å²) in [7, 11) is 3.38. The van der Waals surface area contributed by atoms with Crippen molar-refractivity contribution in [3.63, 3.8) is 0 Å². The smallest absolute Gasteiger partial charge is 0.307 e. The number of carbonyl (C=O) groups is 1. The molecule has 1 fully saturated rings. The molecule has 9 heteroatoms. The van der Waals surface area contributed by atoms with Crippen molar-refractivity contribution in [2.75, 3.05) is 33.4 Å². The van der Waals surface area contributed by atoms with Gasteiger partial charge in [0.05, 0.1) is 49.1 Å². The maximum absolute atomic E-state index is 13.2. The quantitative estimate of drug-likeness (QED) is 0.547. The first-order valence-electron chi connectivity index (χ1n) is 11.0. The number of rotatable bonds is 4. The van der Waals surface area contributed by atoms with Gasteiger partial charge in [-0.1, -0.05) is 35.1 Å². The van der Waals surface area contributed by atoms with Crippen molar-refractivity contribution >= 4 is 34.6 Å². The summed E-state index contributed by atoms with van der Waals surface area (Å²) in [6.45, 7) is 2.19. The summed E-state index contributed by atoms with van der Waals surface area (Å²) in [6.07, 6.45) is 0.176. The molecule has 0 aliphatic carbocycles. The molecular formula is C25H24ClN3O4S. The minimum Gasteiger partial charge on any atom is -0.497 e. The van der Waals surface area contributed by atoms with Crippen LogP contribution in [0.2, 0.25) is 5.02 Å². The predicted octanol–water partition coefficient (Wildman–Crippen LogP) is 3.92. The molecule has 0 N–H and O–H groups in total. The van der Waals surface area contributed by atoms with Crippen molar-refractivity contribution in [3.05, 3.63) is 73.2 Å². The highest BCUT2D eigenvalue weighted by Gasteiger charge is 2.32. The van der Waals surface area contributed by atoms with Gasteiger partial charge in [0, 0.05) is 41.9 Å². The van der Waals surface area contributed by atoms with Crippen LogP contribution in [-0.2, 0) is 16.6 Å². The molecule has 0 radical (unpaired) electrons. The molecule has 1 amide bonds. The summed E-state index contributed by atoms with van der Waals surface area (Å²) >= 11 is 7.30. The van der Waals surface area contributed by atoms with Crippen LogP contribution in [0.15, 0.2) is 52.3 Å². The summed E-state index contributed by atoms with van der Waals surface area (Å²) in [5.74, 6) is 0.690. The number of hydrogen-bond donors (Lipinski definition) is 0. The number of amides is 1. The van der Waals surface area contributed by atoms with Gasteiger partial charge in [-0.3, -0.25) is 14.6 Å². The molecule has 5 rings (SSSR count). The molecule has 7 nitrogen and oxygen atoms in total. The third kappa shape index (κ3) is 4.17. The summed E-state index contributed by atoms with van der Waals surface area (Å²) < 4.78 is 12.6. The van der Waals surface area contributed by atoms with Gasteiger partial charge >= 0.3 is 4.87 Å². The lowest BCUT2D eigenvalue weighted by Gasteiger charge is -2.27. The summed E-state index contributed by atoms with van der Waals surface area (Å²) in [5.41, 5.74) is 4.13. The van der Waals surface area contributed by atoms with Crippen LogP contribution in [0.5, 0.6) is 5.75 Å². The molecule has 176 valence electrons. The Morgan fingerprint density at radius 1 is 1.18 bits per heavy atom. The Labute approximate surface area is 206 Å². The molecule has 1 aromatic heterocycles. The van der Waals surface area contributed by atoms with Gasteiger partial charge in [0.15, 0.2) is 0 Å². The third-order valence-corrected chi connectivity index (χ3v) is 7.60. The highest BCUT2D eigenvalue weighted by molar-refractivity contribution is 7.09. The van der Waals surface area contributed by atoms with Crippen molar-refractivity contribution in [1.29, 1.82) is 0 Å². The van der Waals surface area contributed by atoms with E-state index in [1.165, 1.54) is 0 Å². The fourth-order valence-electron chi connectivity index (χ4n) is 4.43. The Morgan fingerprint density at radius 2 is 1.91 bits per heavy atom. The molecule has 34 heavy (non-hydrogen) atoms. The normalized spacial score (nSPS) is 17.4. The number of hydrogen-bond acceptors (Lipinski definition) is 6. The summed E-state index contributed by atoms with van der Waals surface area (Å²) in [4.78, 5) is 33.6. The second-order valence-corrected chi connectivity index (χ2v) is 9.68. The number of halogens is 1.